The van der Waals surface area contributed by atoms with Gasteiger partial charge in [0, 0.05) is 17.5 Å². The summed E-state index contributed by atoms with van der Waals surface area (Å²) in [6.45, 7) is 2.65. The quantitative estimate of drug-likeness (QED) is 0.884. The Bertz CT molecular complexity index is 415. The minimum atomic E-state index is -0.392. The highest BCUT2D eigenvalue weighted by atomic mass is 35.5. The molecule has 3 N–H and O–H groups in total. The van der Waals surface area contributed by atoms with Gasteiger partial charge in [0.05, 0.1) is 6.10 Å². The van der Waals surface area contributed by atoms with Crippen LogP contribution >= 0.6 is 11.6 Å². The fraction of sp³-hybridized carbons (Fsp3) is 0.625. The van der Waals surface area contributed by atoms with Crippen molar-refractivity contribution in [1.82, 2.24) is 0 Å². The maximum Gasteiger partial charge on any atom is 0.0674 e. The van der Waals surface area contributed by atoms with E-state index in [9.17, 15) is 5.11 Å². The first-order chi connectivity index (χ1) is 9.07. The summed E-state index contributed by atoms with van der Waals surface area (Å²) in [5.41, 5.74) is 6.96. The van der Waals surface area contributed by atoms with E-state index in [1.165, 1.54) is 19.3 Å². The molecule has 1 aromatic rings. The summed E-state index contributed by atoms with van der Waals surface area (Å²) in [5, 5.41) is 11.5. The summed E-state index contributed by atoms with van der Waals surface area (Å²) in [5.74, 6) is -0.0261. The molecular weight excluding hydrogens is 258 g/mol. The van der Waals surface area contributed by atoms with Crippen LogP contribution in [0.4, 0.5) is 0 Å². The number of hydrogen-bond donors (Lipinski definition) is 2. The SMILES string of the molecule is CC1(C(O)C(CN)c2cccc(Cl)c2)CCCCC1. The summed E-state index contributed by atoms with van der Waals surface area (Å²) >= 11 is 6.05. The van der Waals surface area contributed by atoms with Crippen LogP contribution in [0.2, 0.25) is 5.02 Å². The van der Waals surface area contributed by atoms with Crippen molar-refractivity contribution in [2.45, 2.75) is 51.0 Å². The van der Waals surface area contributed by atoms with E-state index in [4.69, 9.17) is 17.3 Å². The Hall–Kier alpha value is -0.570. The Morgan fingerprint density at radius 2 is 2.00 bits per heavy atom. The maximum atomic E-state index is 10.8. The zero-order valence-corrected chi connectivity index (χ0v) is 12.4. The van der Waals surface area contributed by atoms with Crippen LogP contribution in [-0.2, 0) is 0 Å². The Labute approximate surface area is 121 Å². The molecule has 1 aromatic carbocycles. The van der Waals surface area contributed by atoms with Crippen LogP contribution in [0.3, 0.4) is 0 Å². The molecule has 2 atom stereocenters. The van der Waals surface area contributed by atoms with E-state index in [2.05, 4.69) is 6.92 Å². The number of rotatable bonds is 4. The molecule has 2 unspecified atom stereocenters. The summed E-state index contributed by atoms with van der Waals surface area (Å²) < 4.78 is 0. The summed E-state index contributed by atoms with van der Waals surface area (Å²) in [6.07, 6.45) is 5.49. The highest BCUT2D eigenvalue weighted by Crippen LogP contribution is 2.43. The number of aliphatic hydroxyl groups excluding tert-OH is 1. The lowest BCUT2D eigenvalue weighted by Gasteiger charge is -2.41. The van der Waals surface area contributed by atoms with Gasteiger partial charge in [-0.15, -0.1) is 0 Å². The number of aliphatic hydroxyl groups is 1. The third kappa shape index (κ3) is 3.31. The lowest BCUT2D eigenvalue weighted by molar-refractivity contribution is -0.00749. The fourth-order valence-electron chi connectivity index (χ4n) is 3.33. The summed E-state index contributed by atoms with van der Waals surface area (Å²) in [7, 11) is 0. The second-order valence-corrected chi connectivity index (χ2v) is 6.49. The topological polar surface area (TPSA) is 46.2 Å². The van der Waals surface area contributed by atoms with Crippen molar-refractivity contribution in [3.8, 4) is 0 Å². The van der Waals surface area contributed by atoms with E-state index in [-0.39, 0.29) is 11.3 Å². The molecule has 1 fully saturated rings. The zero-order valence-electron chi connectivity index (χ0n) is 11.6. The van der Waals surface area contributed by atoms with Gasteiger partial charge in [0.15, 0.2) is 0 Å². The predicted molar refractivity (Wildman–Crippen MR) is 80.4 cm³/mol. The molecule has 3 heteroatoms. The van der Waals surface area contributed by atoms with Crippen LogP contribution in [0.5, 0.6) is 0 Å². The van der Waals surface area contributed by atoms with E-state index >= 15 is 0 Å². The highest BCUT2D eigenvalue weighted by Gasteiger charge is 2.38. The van der Waals surface area contributed by atoms with E-state index in [1.54, 1.807) is 0 Å². The third-order valence-electron chi connectivity index (χ3n) is 4.62. The minimum absolute atomic E-state index is 0.00932. The maximum absolute atomic E-state index is 10.8. The zero-order chi connectivity index (χ0) is 13.9. The second kappa shape index (κ2) is 6.25. The predicted octanol–water partition coefficient (Wildman–Crippen LogP) is 3.71. The monoisotopic (exact) mass is 281 g/mol. The smallest absolute Gasteiger partial charge is 0.0674 e. The average Bonchev–Trinajstić information content (AvgIpc) is 2.40. The van der Waals surface area contributed by atoms with Gasteiger partial charge in [-0.3, -0.25) is 0 Å². The van der Waals surface area contributed by atoms with Gasteiger partial charge in [-0.2, -0.15) is 0 Å². The molecule has 0 aliphatic heterocycles. The van der Waals surface area contributed by atoms with Crippen molar-refractivity contribution in [1.29, 1.82) is 0 Å². The number of nitrogens with two attached hydrogens (primary N) is 1. The number of benzene rings is 1. The molecule has 0 amide bonds. The van der Waals surface area contributed by atoms with Crippen molar-refractivity contribution in [3.05, 3.63) is 34.9 Å². The van der Waals surface area contributed by atoms with Crippen LogP contribution in [-0.4, -0.2) is 17.8 Å². The van der Waals surface area contributed by atoms with Crippen molar-refractivity contribution in [3.63, 3.8) is 0 Å². The van der Waals surface area contributed by atoms with Gasteiger partial charge in [-0.1, -0.05) is 49.9 Å². The Balaban J connectivity index is 2.21. The first-order valence-electron chi connectivity index (χ1n) is 7.20. The van der Waals surface area contributed by atoms with Crippen LogP contribution in [0.25, 0.3) is 0 Å². The molecule has 0 radical (unpaired) electrons. The number of hydrogen-bond acceptors (Lipinski definition) is 2. The van der Waals surface area contributed by atoms with E-state index in [0.29, 0.717) is 11.6 Å². The molecular formula is C16H24ClNO. The van der Waals surface area contributed by atoms with E-state index in [1.807, 2.05) is 24.3 Å². The molecule has 0 heterocycles. The molecule has 0 aromatic heterocycles. The second-order valence-electron chi connectivity index (χ2n) is 6.06. The number of halogens is 1. The van der Waals surface area contributed by atoms with Crippen LogP contribution in [0, 0.1) is 5.41 Å². The van der Waals surface area contributed by atoms with Crippen molar-refractivity contribution in [2.75, 3.05) is 6.54 Å². The average molecular weight is 282 g/mol. The van der Waals surface area contributed by atoms with Gasteiger partial charge < -0.3 is 10.8 Å². The molecule has 1 aliphatic rings. The van der Waals surface area contributed by atoms with Crippen LogP contribution in [0.1, 0.15) is 50.5 Å². The van der Waals surface area contributed by atoms with E-state index in [0.717, 1.165) is 18.4 Å². The first-order valence-corrected chi connectivity index (χ1v) is 7.58. The van der Waals surface area contributed by atoms with Gasteiger partial charge in [0.2, 0.25) is 0 Å². The van der Waals surface area contributed by atoms with Crippen LogP contribution < -0.4 is 5.73 Å². The molecule has 0 bridgehead atoms. The molecule has 0 spiro atoms. The van der Waals surface area contributed by atoms with Gasteiger partial charge in [0.1, 0.15) is 0 Å². The van der Waals surface area contributed by atoms with Crippen molar-refractivity contribution >= 4 is 11.6 Å². The lowest BCUT2D eigenvalue weighted by Crippen LogP contribution is -2.41. The fourth-order valence-corrected chi connectivity index (χ4v) is 3.52. The van der Waals surface area contributed by atoms with Crippen molar-refractivity contribution < 1.29 is 5.11 Å². The highest BCUT2D eigenvalue weighted by molar-refractivity contribution is 6.30. The largest absolute Gasteiger partial charge is 0.392 e. The van der Waals surface area contributed by atoms with Crippen LogP contribution in [0.15, 0.2) is 24.3 Å². The van der Waals surface area contributed by atoms with Crippen molar-refractivity contribution in [2.24, 2.45) is 11.1 Å². The van der Waals surface area contributed by atoms with E-state index < -0.39 is 6.10 Å². The Morgan fingerprint density at radius 3 is 2.58 bits per heavy atom. The van der Waals surface area contributed by atoms with Gasteiger partial charge in [-0.25, -0.2) is 0 Å². The summed E-state index contributed by atoms with van der Waals surface area (Å²) in [6, 6.07) is 7.72. The lowest BCUT2D eigenvalue weighted by atomic mass is 9.67. The normalized spacial score (nSPS) is 21.9. The minimum Gasteiger partial charge on any atom is -0.392 e. The van der Waals surface area contributed by atoms with Gasteiger partial charge in [0.25, 0.3) is 0 Å². The molecule has 2 rings (SSSR count). The molecule has 106 valence electrons. The Kier molecular flexibility index (Phi) is 4.88. The Morgan fingerprint density at radius 1 is 1.32 bits per heavy atom. The molecule has 0 saturated heterocycles. The molecule has 19 heavy (non-hydrogen) atoms. The van der Waals surface area contributed by atoms with Gasteiger partial charge in [-0.05, 0) is 36.0 Å². The molecule has 1 aliphatic carbocycles. The standard InChI is InChI=1S/C16H24ClNO/c1-16(8-3-2-4-9-16)15(19)14(11-18)12-6-5-7-13(17)10-12/h5-7,10,14-15,19H,2-4,8-9,11,18H2,1H3. The third-order valence-corrected chi connectivity index (χ3v) is 4.86. The van der Waals surface area contributed by atoms with Gasteiger partial charge >= 0.3 is 0 Å². The first kappa shape index (κ1) is 14.8. The molecule has 1 saturated carbocycles. The summed E-state index contributed by atoms with van der Waals surface area (Å²) in [4.78, 5) is 0. The molecule has 2 nitrogen and oxygen atoms in total.